The SMILES string of the molecule is C=C1c2ccccc2C(c2ccc(Cl)c(Cl)c2)N1c1ccc2[nH]cnc2c1. The standard InChI is InChI=1S/C22H15Cl2N3/c1-13-16-4-2-3-5-17(16)22(14-6-8-18(23)19(24)10-14)27(13)15-7-9-20-21(11-15)26-12-25-20/h2-12,22H,1H2,(H,25,26). The summed E-state index contributed by atoms with van der Waals surface area (Å²) in [4.78, 5) is 9.77. The Balaban J connectivity index is 1.72. The highest BCUT2D eigenvalue weighted by molar-refractivity contribution is 6.42. The normalized spacial score (nSPS) is 16.1. The van der Waals surface area contributed by atoms with Crippen molar-refractivity contribution in [2.45, 2.75) is 6.04 Å². The highest BCUT2D eigenvalue weighted by atomic mass is 35.5. The van der Waals surface area contributed by atoms with Gasteiger partial charge in [-0.15, -0.1) is 0 Å². The lowest BCUT2D eigenvalue weighted by molar-refractivity contribution is 0.864. The molecular formula is C22H15Cl2N3. The first-order chi connectivity index (χ1) is 13.1. The Bertz CT molecular complexity index is 1200. The highest BCUT2D eigenvalue weighted by Crippen LogP contribution is 2.47. The van der Waals surface area contributed by atoms with E-state index in [2.05, 4.69) is 51.8 Å². The molecule has 5 heteroatoms. The van der Waals surface area contributed by atoms with Crippen molar-refractivity contribution in [3.8, 4) is 0 Å². The van der Waals surface area contributed by atoms with Gasteiger partial charge in [0, 0.05) is 16.9 Å². The third-order valence-corrected chi connectivity index (χ3v) is 5.80. The molecule has 1 atom stereocenters. The summed E-state index contributed by atoms with van der Waals surface area (Å²) >= 11 is 12.5. The van der Waals surface area contributed by atoms with Gasteiger partial charge < -0.3 is 9.88 Å². The predicted octanol–water partition coefficient (Wildman–Crippen LogP) is 6.45. The molecule has 3 nitrogen and oxygen atoms in total. The molecule has 3 aromatic carbocycles. The fourth-order valence-corrected chi connectivity index (χ4v) is 4.12. The van der Waals surface area contributed by atoms with Crippen LogP contribution in [0.2, 0.25) is 10.0 Å². The van der Waals surface area contributed by atoms with Gasteiger partial charge in [0.25, 0.3) is 0 Å². The first kappa shape index (κ1) is 16.4. The van der Waals surface area contributed by atoms with Crippen LogP contribution in [-0.4, -0.2) is 9.97 Å². The van der Waals surface area contributed by atoms with Gasteiger partial charge in [0.1, 0.15) is 0 Å². The Labute approximate surface area is 166 Å². The molecule has 27 heavy (non-hydrogen) atoms. The number of aromatic nitrogens is 2. The Morgan fingerprint density at radius 1 is 0.963 bits per heavy atom. The van der Waals surface area contributed by atoms with Crippen LogP contribution in [0.3, 0.4) is 0 Å². The van der Waals surface area contributed by atoms with Crippen LogP contribution in [0.25, 0.3) is 16.7 Å². The molecule has 0 saturated carbocycles. The van der Waals surface area contributed by atoms with E-state index in [-0.39, 0.29) is 6.04 Å². The molecule has 2 heterocycles. The average molecular weight is 392 g/mol. The lowest BCUT2D eigenvalue weighted by Gasteiger charge is -2.29. The summed E-state index contributed by atoms with van der Waals surface area (Å²) in [5.41, 5.74) is 7.32. The van der Waals surface area contributed by atoms with Crippen LogP contribution in [0.5, 0.6) is 0 Å². The van der Waals surface area contributed by atoms with E-state index >= 15 is 0 Å². The maximum atomic E-state index is 6.33. The molecule has 5 rings (SSSR count). The van der Waals surface area contributed by atoms with Crippen molar-refractivity contribution in [1.82, 2.24) is 9.97 Å². The van der Waals surface area contributed by atoms with Crippen molar-refractivity contribution in [2.75, 3.05) is 4.90 Å². The minimum Gasteiger partial charge on any atom is -0.345 e. The van der Waals surface area contributed by atoms with Gasteiger partial charge in [-0.05, 0) is 41.5 Å². The lowest BCUT2D eigenvalue weighted by Crippen LogP contribution is -2.21. The Hall–Kier alpha value is -2.75. The molecule has 4 aromatic rings. The summed E-state index contributed by atoms with van der Waals surface area (Å²) in [6.45, 7) is 4.38. The molecule has 0 amide bonds. The number of nitrogens with one attached hydrogen (secondary N) is 1. The first-order valence-corrected chi connectivity index (χ1v) is 9.34. The van der Waals surface area contributed by atoms with Crippen LogP contribution in [0.1, 0.15) is 22.7 Å². The van der Waals surface area contributed by atoms with Gasteiger partial charge in [0.05, 0.1) is 33.4 Å². The molecule has 132 valence electrons. The number of H-pyrrole nitrogens is 1. The van der Waals surface area contributed by atoms with Crippen molar-refractivity contribution < 1.29 is 0 Å². The number of halogens is 2. The molecule has 0 radical (unpaired) electrons. The van der Waals surface area contributed by atoms with E-state index < -0.39 is 0 Å². The monoisotopic (exact) mass is 391 g/mol. The van der Waals surface area contributed by atoms with Gasteiger partial charge in [-0.2, -0.15) is 0 Å². The molecule has 0 spiro atoms. The van der Waals surface area contributed by atoms with E-state index in [0.717, 1.165) is 33.5 Å². The van der Waals surface area contributed by atoms with Gasteiger partial charge in [0.15, 0.2) is 0 Å². The summed E-state index contributed by atoms with van der Waals surface area (Å²) in [6, 6.07) is 20.3. The van der Waals surface area contributed by atoms with E-state index in [4.69, 9.17) is 23.2 Å². The number of anilines is 1. The number of hydrogen-bond donors (Lipinski definition) is 1. The lowest BCUT2D eigenvalue weighted by atomic mass is 9.97. The van der Waals surface area contributed by atoms with E-state index in [1.807, 2.05) is 30.3 Å². The number of nitrogens with zero attached hydrogens (tertiary/aromatic N) is 2. The van der Waals surface area contributed by atoms with Crippen molar-refractivity contribution in [3.05, 3.63) is 100 Å². The summed E-state index contributed by atoms with van der Waals surface area (Å²) in [7, 11) is 0. The molecule has 1 aliphatic rings. The number of benzene rings is 3. The van der Waals surface area contributed by atoms with Crippen LogP contribution < -0.4 is 4.90 Å². The smallest absolute Gasteiger partial charge is 0.0931 e. The Kier molecular flexibility index (Phi) is 3.74. The number of aromatic amines is 1. The van der Waals surface area contributed by atoms with Gasteiger partial charge in [-0.1, -0.05) is 60.1 Å². The zero-order valence-electron chi connectivity index (χ0n) is 14.3. The second-order valence-corrected chi connectivity index (χ2v) is 7.40. The number of rotatable bonds is 2. The molecule has 0 saturated heterocycles. The summed E-state index contributed by atoms with van der Waals surface area (Å²) < 4.78 is 0. The fourth-order valence-electron chi connectivity index (χ4n) is 3.81. The zero-order valence-corrected chi connectivity index (χ0v) is 15.8. The number of hydrogen-bond acceptors (Lipinski definition) is 2. The van der Waals surface area contributed by atoms with E-state index in [9.17, 15) is 0 Å². The molecule has 0 aliphatic carbocycles. The van der Waals surface area contributed by atoms with Crippen LogP contribution in [0.4, 0.5) is 5.69 Å². The van der Waals surface area contributed by atoms with E-state index in [1.165, 1.54) is 5.56 Å². The fraction of sp³-hybridized carbons (Fsp3) is 0.0455. The van der Waals surface area contributed by atoms with Crippen molar-refractivity contribution in [3.63, 3.8) is 0 Å². The molecule has 0 fully saturated rings. The second-order valence-electron chi connectivity index (χ2n) is 6.58. The first-order valence-electron chi connectivity index (χ1n) is 8.59. The van der Waals surface area contributed by atoms with Gasteiger partial charge in [-0.25, -0.2) is 4.98 Å². The van der Waals surface area contributed by atoms with Crippen LogP contribution in [0, 0.1) is 0 Å². The highest BCUT2D eigenvalue weighted by Gasteiger charge is 2.35. The minimum atomic E-state index is -0.0279. The Morgan fingerprint density at radius 2 is 1.81 bits per heavy atom. The van der Waals surface area contributed by atoms with Crippen molar-refractivity contribution in [1.29, 1.82) is 0 Å². The second kappa shape index (κ2) is 6.15. The maximum Gasteiger partial charge on any atom is 0.0931 e. The van der Waals surface area contributed by atoms with E-state index in [1.54, 1.807) is 6.33 Å². The topological polar surface area (TPSA) is 31.9 Å². The quantitative estimate of drug-likeness (QED) is 0.425. The van der Waals surface area contributed by atoms with Gasteiger partial charge >= 0.3 is 0 Å². The summed E-state index contributed by atoms with van der Waals surface area (Å²) in [5, 5.41) is 1.10. The van der Waals surface area contributed by atoms with Gasteiger partial charge in [-0.3, -0.25) is 0 Å². The minimum absolute atomic E-state index is 0.0279. The zero-order chi connectivity index (χ0) is 18.5. The third-order valence-electron chi connectivity index (χ3n) is 5.06. The molecule has 1 aromatic heterocycles. The van der Waals surface area contributed by atoms with Crippen molar-refractivity contribution in [2.24, 2.45) is 0 Å². The molecule has 1 aliphatic heterocycles. The molecule has 1 unspecified atom stereocenters. The summed E-state index contributed by atoms with van der Waals surface area (Å²) in [5.74, 6) is 0. The molecule has 0 bridgehead atoms. The number of fused-ring (bicyclic) bond motifs is 2. The van der Waals surface area contributed by atoms with Crippen LogP contribution >= 0.6 is 23.2 Å². The summed E-state index contributed by atoms with van der Waals surface area (Å²) in [6.07, 6.45) is 1.71. The average Bonchev–Trinajstić information content (AvgIpc) is 3.26. The van der Waals surface area contributed by atoms with Crippen LogP contribution in [-0.2, 0) is 0 Å². The van der Waals surface area contributed by atoms with Gasteiger partial charge in [0.2, 0.25) is 0 Å². The van der Waals surface area contributed by atoms with Crippen LogP contribution in [0.15, 0.2) is 73.6 Å². The maximum absolute atomic E-state index is 6.33. The number of imidazole rings is 1. The molecule has 1 N–H and O–H groups in total. The molecular weight excluding hydrogens is 377 g/mol. The third kappa shape index (κ3) is 2.54. The van der Waals surface area contributed by atoms with Crippen molar-refractivity contribution >= 4 is 45.6 Å². The predicted molar refractivity (Wildman–Crippen MR) is 112 cm³/mol. The van der Waals surface area contributed by atoms with E-state index in [0.29, 0.717) is 10.0 Å². The largest absolute Gasteiger partial charge is 0.345 e. The Morgan fingerprint density at radius 3 is 2.67 bits per heavy atom.